The summed E-state index contributed by atoms with van der Waals surface area (Å²) in [6.45, 7) is 0.659. The molecule has 2 fully saturated rings. The lowest BCUT2D eigenvalue weighted by Crippen LogP contribution is -2.52. The van der Waals surface area contributed by atoms with Gasteiger partial charge in [0.1, 0.15) is 6.10 Å². The number of hydrogen-bond acceptors (Lipinski definition) is 6. The third kappa shape index (κ3) is 2.71. The van der Waals surface area contributed by atoms with E-state index in [4.69, 9.17) is 31.2 Å². The van der Waals surface area contributed by atoms with Crippen molar-refractivity contribution in [2.45, 2.75) is 31.2 Å². The summed E-state index contributed by atoms with van der Waals surface area (Å²) in [5, 5.41) is 10.2. The second kappa shape index (κ2) is 5.42. The van der Waals surface area contributed by atoms with E-state index >= 15 is 0 Å². The monoisotopic (exact) mass is 282 g/mol. The highest BCUT2D eigenvalue weighted by molar-refractivity contribution is 7.79. The summed E-state index contributed by atoms with van der Waals surface area (Å²) >= 11 is 4.81. The number of aliphatic hydroxyl groups is 1. The fourth-order valence-electron chi connectivity index (χ4n) is 2.17. The molecular formula is C13H14O5S. The first-order chi connectivity index (χ1) is 9.24. The normalized spacial score (nSPS) is 33.4. The van der Waals surface area contributed by atoms with E-state index in [1.807, 2.05) is 30.3 Å². The Labute approximate surface area is 116 Å². The van der Waals surface area contributed by atoms with Crippen LogP contribution < -0.4 is 0 Å². The van der Waals surface area contributed by atoms with Gasteiger partial charge < -0.3 is 24.1 Å². The fraction of sp³-hybridized carbons (Fsp3) is 0.462. The van der Waals surface area contributed by atoms with Crippen LogP contribution in [0.5, 0.6) is 0 Å². The maximum Gasteiger partial charge on any atom is 0.353 e. The molecule has 0 amide bonds. The lowest BCUT2D eigenvalue weighted by molar-refractivity contribution is -0.254. The summed E-state index contributed by atoms with van der Waals surface area (Å²) in [6.07, 6.45) is -2.50. The van der Waals surface area contributed by atoms with Gasteiger partial charge in [0.25, 0.3) is 0 Å². The molecule has 0 aromatic heterocycles. The van der Waals surface area contributed by atoms with E-state index in [-0.39, 0.29) is 11.3 Å². The third-order valence-electron chi connectivity index (χ3n) is 3.14. The lowest BCUT2D eigenvalue weighted by atomic mass is 10.1. The van der Waals surface area contributed by atoms with Crippen molar-refractivity contribution in [1.29, 1.82) is 0 Å². The quantitative estimate of drug-likeness (QED) is 0.834. The molecule has 2 heterocycles. The van der Waals surface area contributed by atoms with Gasteiger partial charge in [-0.05, 0) is 5.56 Å². The number of hydrogen-bond donors (Lipinski definition) is 1. The fourth-order valence-corrected chi connectivity index (χ4v) is 2.40. The van der Waals surface area contributed by atoms with E-state index in [0.717, 1.165) is 5.56 Å². The van der Waals surface area contributed by atoms with Crippen molar-refractivity contribution in [1.82, 2.24) is 0 Å². The Morgan fingerprint density at radius 1 is 1.26 bits per heavy atom. The molecule has 6 heteroatoms. The predicted molar refractivity (Wildman–Crippen MR) is 69.3 cm³/mol. The van der Waals surface area contributed by atoms with Gasteiger partial charge in [-0.15, -0.1) is 0 Å². The van der Waals surface area contributed by atoms with Crippen molar-refractivity contribution in [2.24, 2.45) is 0 Å². The molecule has 4 unspecified atom stereocenters. The molecule has 5 nitrogen and oxygen atoms in total. The van der Waals surface area contributed by atoms with Crippen molar-refractivity contribution >= 4 is 17.5 Å². The minimum Gasteiger partial charge on any atom is -0.447 e. The summed E-state index contributed by atoms with van der Waals surface area (Å²) in [5.74, 6) is 0. The molecule has 2 saturated heterocycles. The SMILES string of the molecule is OC1C(OCc2ccccc2)OCC2OC(=S)OC21. The van der Waals surface area contributed by atoms with E-state index < -0.39 is 18.5 Å². The van der Waals surface area contributed by atoms with Crippen LogP contribution in [0.3, 0.4) is 0 Å². The van der Waals surface area contributed by atoms with E-state index in [9.17, 15) is 5.11 Å². The highest BCUT2D eigenvalue weighted by Gasteiger charge is 2.48. The van der Waals surface area contributed by atoms with Gasteiger partial charge in [0.2, 0.25) is 0 Å². The number of fused-ring (bicyclic) bond motifs is 1. The molecule has 0 spiro atoms. The molecule has 4 atom stereocenters. The van der Waals surface area contributed by atoms with E-state index in [0.29, 0.717) is 13.2 Å². The van der Waals surface area contributed by atoms with Crippen molar-refractivity contribution in [2.75, 3.05) is 6.61 Å². The number of rotatable bonds is 3. The Hall–Kier alpha value is -1.21. The number of thiocarbonyl (C=S) groups is 1. The first-order valence-electron chi connectivity index (χ1n) is 6.06. The van der Waals surface area contributed by atoms with Crippen molar-refractivity contribution in [3.63, 3.8) is 0 Å². The summed E-state index contributed by atoms with van der Waals surface area (Å²) in [7, 11) is 0. The molecule has 1 aromatic carbocycles. The molecule has 2 aliphatic heterocycles. The molecule has 0 radical (unpaired) electrons. The van der Waals surface area contributed by atoms with Gasteiger partial charge in [0, 0.05) is 12.2 Å². The lowest BCUT2D eigenvalue weighted by Gasteiger charge is -2.33. The van der Waals surface area contributed by atoms with Crippen LogP contribution in [-0.4, -0.2) is 41.6 Å². The highest BCUT2D eigenvalue weighted by Crippen LogP contribution is 2.27. The summed E-state index contributed by atoms with van der Waals surface area (Å²) < 4.78 is 21.5. The summed E-state index contributed by atoms with van der Waals surface area (Å²) in [5.41, 5.74) is 1.01. The van der Waals surface area contributed by atoms with Crippen molar-refractivity contribution < 1.29 is 24.1 Å². The van der Waals surface area contributed by atoms with Gasteiger partial charge in [-0.1, -0.05) is 30.3 Å². The zero-order valence-electron chi connectivity index (χ0n) is 10.1. The third-order valence-corrected chi connectivity index (χ3v) is 3.34. The smallest absolute Gasteiger partial charge is 0.353 e. The van der Waals surface area contributed by atoms with Crippen LogP contribution in [0.15, 0.2) is 30.3 Å². The van der Waals surface area contributed by atoms with Crippen molar-refractivity contribution in [3.05, 3.63) is 35.9 Å². The van der Waals surface area contributed by atoms with Crippen LogP contribution in [0.25, 0.3) is 0 Å². The van der Waals surface area contributed by atoms with Gasteiger partial charge in [-0.3, -0.25) is 0 Å². The van der Waals surface area contributed by atoms with Crippen LogP contribution in [0.1, 0.15) is 5.56 Å². The maximum absolute atomic E-state index is 10.1. The molecule has 1 aromatic rings. The second-order valence-electron chi connectivity index (χ2n) is 4.48. The largest absolute Gasteiger partial charge is 0.447 e. The maximum atomic E-state index is 10.1. The first-order valence-corrected chi connectivity index (χ1v) is 6.47. The molecule has 102 valence electrons. The van der Waals surface area contributed by atoms with E-state index in [2.05, 4.69) is 0 Å². The molecule has 19 heavy (non-hydrogen) atoms. The van der Waals surface area contributed by atoms with Crippen LogP contribution >= 0.6 is 12.2 Å². The van der Waals surface area contributed by atoms with Crippen LogP contribution in [0.4, 0.5) is 0 Å². The molecule has 0 bridgehead atoms. The van der Waals surface area contributed by atoms with Gasteiger partial charge >= 0.3 is 5.24 Å². The van der Waals surface area contributed by atoms with Gasteiger partial charge in [-0.25, -0.2) is 0 Å². The Balaban J connectivity index is 1.59. The molecule has 0 aliphatic carbocycles. The van der Waals surface area contributed by atoms with Crippen molar-refractivity contribution in [3.8, 4) is 0 Å². The van der Waals surface area contributed by atoms with Crippen LogP contribution in [0.2, 0.25) is 0 Å². The standard InChI is InChI=1S/C13H14O5S/c14-10-11-9(17-13(19)18-11)7-16-12(10)15-6-8-4-2-1-3-5-8/h1-5,9-12,14H,6-7H2. The predicted octanol–water partition coefficient (Wildman–Crippen LogP) is 0.989. The minimum absolute atomic E-state index is 0.0568. The zero-order valence-corrected chi connectivity index (χ0v) is 10.9. The topological polar surface area (TPSA) is 57.2 Å². The van der Waals surface area contributed by atoms with Crippen LogP contribution in [0, 0.1) is 0 Å². The number of ether oxygens (including phenoxy) is 4. The minimum atomic E-state index is -0.914. The average molecular weight is 282 g/mol. The Morgan fingerprint density at radius 2 is 2.05 bits per heavy atom. The second-order valence-corrected chi connectivity index (χ2v) is 4.81. The van der Waals surface area contributed by atoms with Gasteiger partial charge in [-0.2, -0.15) is 0 Å². The molecule has 2 aliphatic rings. The number of benzene rings is 1. The Morgan fingerprint density at radius 3 is 2.84 bits per heavy atom. The van der Waals surface area contributed by atoms with E-state index in [1.165, 1.54) is 0 Å². The highest BCUT2D eigenvalue weighted by atomic mass is 32.1. The summed E-state index contributed by atoms with van der Waals surface area (Å²) in [4.78, 5) is 0. The molecular weight excluding hydrogens is 268 g/mol. The van der Waals surface area contributed by atoms with Gasteiger partial charge in [0.15, 0.2) is 18.5 Å². The Kier molecular flexibility index (Phi) is 3.65. The zero-order chi connectivity index (χ0) is 13.2. The van der Waals surface area contributed by atoms with Crippen LogP contribution in [-0.2, 0) is 25.6 Å². The molecule has 1 N–H and O–H groups in total. The van der Waals surface area contributed by atoms with E-state index in [1.54, 1.807) is 0 Å². The summed E-state index contributed by atoms with van der Waals surface area (Å²) in [6, 6.07) is 9.69. The Bertz CT molecular complexity index is 452. The molecule has 0 saturated carbocycles. The number of aliphatic hydroxyl groups excluding tert-OH is 1. The molecule has 3 rings (SSSR count). The average Bonchev–Trinajstić information content (AvgIpc) is 2.81. The van der Waals surface area contributed by atoms with Gasteiger partial charge in [0.05, 0.1) is 13.2 Å². The first kappa shape index (κ1) is 12.8.